The number of unbranched alkanes of at least 4 members (excludes halogenated alkanes) is 3. The summed E-state index contributed by atoms with van der Waals surface area (Å²) >= 11 is 8.34. The third-order valence-electron chi connectivity index (χ3n) is 18.2. The monoisotopic (exact) mass is 1750 g/mol. The molecule has 0 radical (unpaired) electrons. The molecular formula is C81H98N18O15S6. The van der Waals surface area contributed by atoms with E-state index < -0.39 is 29.3 Å². The van der Waals surface area contributed by atoms with E-state index in [1.54, 1.807) is 80.0 Å². The zero-order valence-electron chi connectivity index (χ0n) is 69.1. The summed E-state index contributed by atoms with van der Waals surface area (Å²) in [5.74, 6) is 0.965. The van der Waals surface area contributed by atoms with Crippen LogP contribution in [0.5, 0.6) is 5.75 Å². The number of nitrogens with one attached hydrogen (secondary N) is 3. The Balaban J connectivity index is 0.000000191. The van der Waals surface area contributed by atoms with E-state index in [1.165, 1.54) is 97.5 Å². The van der Waals surface area contributed by atoms with E-state index in [0.29, 0.717) is 80.3 Å². The maximum absolute atomic E-state index is 12.9. The third-order valence-corrected chi connectivity index (χ3v) is 23.9. The summed E-state index contributed by atoms with van der Waals surface area (Å²) in [4.78, 5) is 126. The molecule has 12 rings (SSSR count). The number of benzene rings is 2. The molecule has 0 saturated carbocycles. The molecule has 2 unspecified atom stereocenters. The Bertz CT molecular complexity index is 4900. The number of amides is 5. The van der Waals surface area contributed by atoms with Crippen LogP contribution in [0.15, 0.2) is 63.7 Å². The second kappa shape index (κ2) is 43.6. The van der Waals surface area contributed by atoms with E-state index in [1.807, 2.05) is 31.2 Å². The molecule has 0 saturated heterocycles. The van der Waals surface area contributed by atoms with Crippen molar-refractivity contribution in [2.45, 2.75) is 227 Å². The van der Waals surface area contributed by atoms with Crippen molar-refractivity contribution in [3.05, 3.63) is 150 Å². The number of Topliss-reactive ketones (excluding diaryl/α,β-unsaturated/α-hetero) is 5. The van der Waals surface area contributed by atoms with Gasteiger partial charge in [-0.3, -0.25) is 43.7 Å². The first kappa shape index (κ1) is 91.7. The molecule has 39 heteroatoms. The molecule has 120 heavy (non-hydrogen) atoms. The van der Waals surface area contributed by atoms with Gasteiger partial charge in [-0.1, -0.05) is 64.3 Å². The summed E-state index contributed by atoms with van der Waals surface area (Å²) in [6.45, 7) is 16.2. The van der Waals surface area contributed by atoms with Gasteiger partial charge in [-0.05, 0) is 153 Å². The van der Waals surface area contributed by atoms with Gasteiger partial charge in [0.15, 0.2) is 17.3 Å². The van der Waals surface area contributed by atoms with Crippen molar-refractivity contribution in [3.8, 4) is 5.75 Å². The molecule has 0 aliphatic heterocycles. The van der Waals surface area contributed by atoms with Crippen LogP contribution in [-0.4, -0.2) is 180 Å². The van der Waals surface area contributed by atoms with Gasteiger partial charge in [-0.25, -0.2) is 9.59 Å². The summed E-state index contributed by atoms with van der Waals surface area (Å²) in [5, 5.41) is 70.3. The van der Waals surface area contributed by atoms with Crippen molar-refractivity contribution in [1.82, 2.24) is 76.1 Å². The van der Waals surface area contributed by atoms with E-state index >= 15 is 0 Å². The largest absolute Gasteiger partial charge is 0.497 e. The van der Waals surface area contributed by atoms with Gasteiger partial charge < -0.3 is 43.6 Å². The fourth-order valence-corrected chi connectivity index (χ4v) is 17.7. The number of methoxy groups -OCH3 is 1. The summed E-state index contributed by atoms with van der Waals surface area (Å²) in [6, 6.07) is 14.9. The Kier molecular flexibility index (Phi) is 33.3. The number of anilines is 3. The molecule has 0 fully saturated rings. The van der Waals surface area contributed by atoms with Gasteiger partial charge in [0.1, 0.15) is 91.7 Å². The lowest BCUT2D eigenvalue weighted by atomic mass is 9.93. The molecule has 5 amide bonds. The zero-order valence-corrected chi connectivity index (χ0v) is 74.0. The van der Waals surface area contributed by atoms with E-state index in [-0.39, 0.29) is 104 Å². The van der Waals surface area contributed by atoms with Crippen LogP contribution in [-0.2, 0) is 115 Å². The lowest BCUT2D eigenvalue weighted by molar-refractivity contribution is -0.119. The molecule has 638 valence electrons. The standard InChI is InChI=1S/C34H35N5O5S2.C25H39N7O6S2.C22H24N6O4S2/c1-3-19-8-10-24-26(12-19)20(14-28(24)41)13-22(40)17-33-38-36-31(45-33)6-4-5-7-32-37-39-34(46-32)35-30(43)16-21-15-29(42)25-11-9-23(44-2)18-27(21)25;1-24(2,3)37-22(35)31(7)14-16(33)13-20-29-27-18(39-20)11-9-10-12-19-28-30-21(40-19)26-17(34)15-32(8)23(36)38-25(4,5)6;1-13-7-16(31-12-13)9-15(29)10-21-26-24-19(33-21)5-3-4-6-20-25-27-22(34-20)23-18(30)11-17-8-14(2)28-32-17/h8-12,18,20-21H,3-7,13-17H2,1-2H3,(H,35,39,43);9-15H2,1-8H3,(H,26,30,34);7-8,12H,3-6,9-11H2,1-2H3,(H,23,27,30). The summed E-state index contributed by atoms with van der Waals surface area (Å²) in [7, 11) is 4.59. The van der Waals surface area contributed by atoms with Gasteiger partial charge in [-0.15, -0.1) is 95.2 Å². The predicted molar refractivity (Wildman–Crippen MR) is 453 cm³/mol. The van der Waals surface area contributed by atoms with Gasteiger partial charge in [0, 0.05) is 101 Å². The lowest BCUT2D eigenvalue weighted by Crippen LogP contribution is -2.38. The van der Waals surface area contributed by atoms with Crippen molar-refractivity contribution in [1.29, 1.82) is 0 Å². The Labute approximate surface area is 717 Å². The molecule has 0 spiro atoms. The Morgan fingerprint density at radius 3 is 1.35 bits per heavy atom. The molecule has 33 nitrogen and oxygen atoms in total. The number of carbonyl (C=O) groups excluding carboxylic acids is 10. The third kappa shape index (κ3) is 29.7. The molecule has 2 aliphatic carbocycles. The van der Waals surface area contributed by atoms with Crippen LogP contribution >= 0.6 is 68.0 Å². The van der Waals surface area contributed by atoms with Crippen molar-refractivity contribution >= 4 is 142 Å². The van der Waals surface area contributed by atoms with Gasteiger partial charge >= 0.3 is 12.2 Å². The number of furan rings is 1. The number of carbonyl (C=O) groups is 10. The number of aryl methyl sites for hydroxylation is 9. The number of likely N-dealkylation sites (N-methyl/N-ethyl adjacent to an activating group) is 2. The van der Waals surface area contributed by atoms with E-state index in [4.69, 9.17) is 23.2 Å². The molecule has 8 heterocycles. The second-order valence-corrected chi connectivity index (χ2v) is 37.6. The number of aromatic nitrogens is 13. The van der Waals surface area contributed by atoms with Crippen LogP contribution in [0.25, 0.3) is 0 Å². The minimum absolute atomic E-state index is 0.0434. The van der Waals surface area contributed by atoms with Gasteiger partial charge in [0.25, 0.3) is 0 Å². The number of hydrogen-bond donors (Lipinski definition) is 3. The molecule has 2 atom stereocenters. The lowest BCUT2D eigenvalue weighted by Gasteiger charge is -2.24. The van der Waals surface area contributed by atoms with Crippen molar-refractivity contribution < 1.29 is 71.1 Å². The summed E-state index contributed by atoms with van der Waals surface area (Å²) in [6.07, 6.45) is 13.3. The first-order valence-corrected chi connectivity index (χ1v) is 44.2. The maximum atomic E-state index is 12.9. The summed E-state index contributed by atoms with van der Waals surface area (Å²) < 4.78 is 26.2. The maximum Gasteiger partial charge on any atom is 0.410 e. The summed E-state index contributed by atoms with van der Waals surface area (Å²) in [5.41, 5.74) is 4.93. The number of hydrogen-bond acceptors (Lipinski definition) is 34. The van der Waals surface area contributed by atoms with Crippen LogP contribution in [0, 0.1) is 13.8 Å². The number of ether oxygens (including phenoxy) is 3. The normalized spacial score (nSPS) is 13.5. The minimum atomic E-state index is -0.644. The first-order chi connectivity index (χ1) is 57.2. The molecule has 2 aliphatic rings. The van der Waals surface area contributed by atoms with E-state index in [0.717, 1.165) is 134 Å². The van der Waals surface area contributed by atoms with Crippen molar-refractivity contribution in [2.24, 2.45) is 0 Å². The number of ketones is 5. The van der Waals surface area contributed by atoms with Crippen molar-refractivity contribution in [2.75, 3.05) is 50.2 Å². The minimum Gasteiger partial charge on any atom is -0.497 e. The molecule has 3 N–H and O–H groups in total. The molecule has 8 aromatic heterocycles. The number of nitrogens with zero attached hydrogens (tertiary/aromatic N) is 15. The zero-order chi connectivity index (χ0) is 86.2. The van der Waals surface area contributed by atoms with Crippen LogP contribution in [0.1, 0.15) is 230 Å². The highest BCUT2D eigenvalue weighted by Gasteiger charge is 2.34. The topological polar surface area (TPSA) is 435 Å². The van der Waals surface area contributed by atoms with Crippen LogP contribution < -0.4 is 20.7 Å². The number of fused-ring (bicyclic) bond motifs is 2. The molecular weight excluding hydrogens is 1660 g/mol. The van der Waals surface area contributed by atoms with Crippen LogP contribution in [0.3, 0.4) is 0 Å². The number of rotatable bonds is 38. The smallest absolute Gasteiger partial charge is 0.410 e. The fraction of sp³-hybridized carbons (Fsp3) is 0.494. The van der Waals surface area contributed by atoms with Crippen LogP contribution in [0.4, 0.5) is 25.0 Å². The van der Waals surface area contributed by atoms with Crippen molar-refractivity contribution in [3.63, 3.8) is 0 Å². The first-order valence-electron chi connectivity index (χ1n) is 39.3. The van der Waals surface area contributed by atoms with E-state index in [9.17, 15) is 47.9 Å². The predicted octanol–water partition coefficient (Wildman–Crippen LogP) is 13.5. The van der Waals surface area contributed by atoms with Crippen LogP contribution in [0.2, 0.25) is 0 Å². The Hall–Kier alpha value is -10.6. The molecule has 0 bridgehead atoms. The SMILES string of the molecule is CCc1ccc2c(c1)C(CC(=O)Cc1nnc(CCCCc3nnc(NC(=O)CC4CC(=O)c5ccc(OC)cc54)s3)s1)CC2=O.CN(CC(=O)Cc1nnc(CCCCc2nnc(NC(=O)CN(C)C(=O)OC(C)(C)C)s2)s1)C(=O)OC(C)(C)C.Cc1coc(CC(=O)Cc2nnc(CCCCc3nnc(NC(=O)Cc4cc(C)no4)s3)s2)c1. The highest BCUT2D eigenvalue weighted by atomic mass is 32.1. The quantitative estimate of drug-likeness (QED) is 0.0303. The Morgan fingerprint density at radius 2 is 0.892 bits per heavy atom. The van der Waals surface area contributed by atoms with Gasteiger partial charge in [-0.2, -0.15) is 0 Å². The van der Waals surface area contributed by atoms with Gasteiger partial charge in [0.05, 0.1) is 57.7 Å². The highest BCUT2D eigenvalue weighted by molar-refractivity contribution is 7.16. The average Bonchev–Trinajstić information content (AvgIpc) is 1.65. The Morgan fingerprint density at radius 1 is 0.467 bits per heavy atom. The van der Waals surface area contributed by atoms with E-state index in [2.05, 4.69) is 95.3 Å². The second-order valence-electron chi connectivity index (χ2n) is 31.0. The highest BCUT2D eigenvalue weighted by Crippen LogP contribution is 2.39. The average molecular weight is 1760 g/mol. The molecule has 10 aromatic rings. The van der Waals surface area contributed by atoms with Gasteiger partial charge in [0.2, 0.25) is 33.1 Å². The fourth-order valence-electron chi connectivity index (χ4n) is 12.6. The molecule has 2 aromatic carbocycles.